The van der Waals surface area contributed by atoms with Gasteiger partial charge >= 0.3 is 0 Å². The standard InChI is InChI=1S/C16H17ClFNO/c1-11(12-6-8-14(20-2)9-7-12)19-10-13-4-3-5-15(18)16(13)17/h3-9,11,19H,10H2,1-2H3/t11-/m1/s1. The fourth-order valence-electron chi connectivity index (χ4n) is 1.96. The minimum atomic E-state index is -0.386. The van der Waals surface area contributed by atoms with E-state index >= 15 is 0 Å². The van der Waals surface area contributed by atoms with Crippen LogP contribution in [-0.2, 0) is 6.54 Å². The summed E-state index contributed by atoms with van der Waals surface area (Å²) in [5, 5.41) is 3.51. The second-order valence-electron chi connectivity index (χ2n) is 4.59. The van der Waals surface area contributed by atoms with E-state index in [9.17, 15) is 4.39 Å². The molecule has 0 aliphatic heterocycles. The summed E-state index contributed by atoms with van der Waals surface area (Å²) in [6.07, 6.45) is 0. The maximum absolute atomic E-state index is 13.3. The van der Waals surface area contributed by atoms with Gasteiger partial charge in [-0.25, -0.2) is 4.39 Å². The summed E-state index contributed by atoms with van der Waals surface area (Å²) in [5.74, 6) is 0.442. The highest BCUT2D eigenvalue weighted by Crippen LogP contribution is 2.21. The number of halogens is 2. The molecule has 0 saturated carbocycles. The van der Waals surface area contributed by atoms with Gasteiger partial charge in [-0.2, -0.15) is 0 Å². The Morgan fingerprint density at radius 3 is 2.55 bits per heavy atom. The lowest BCUT2D eigenvalue weighted by atomic mass is 10.1. The quantitative estimate of drug-likeness (QED) is 0.885. The van der Waals surface area contributed by atoms with Crippen LogP contribution < -0.4 is 10.1 Å². The first-order valence-corrected chi connectivity index (χ1v) is 6.80. The normalized spacial score (nSPS) is 12.2. The van der Waals surface area contributed by atoms with Crippen molar-refractivity contribution in [3.63, 3.8) is 0 Å². The number of benzene rings is 2. The van der Waals surface area contributed by atoms with Crippen LogP contribution in [-0.4, -0.2) is 7.11 Å². The van der Waals surface area contributed by atoms with Gasteiger partial charge in [0.15, 0.2) is 0 Å². The van der Waals surface area contributed by atoms with Crippen molar-refractivity contribution >= 4 is 11.6 Å². The fourth-order valence-corrected chi connectivity index (χ4v) is 2.15. The second kappa shape index (κ2) is 6.73. The van der Waals surface area contributed by atoms with E-state index in [4.69, 9.17) is 16.3 Å². The Morgan fingerprint density at radius 2 is 1.90 bits per heavy atom. The molecule has 2 aromatic rings. The average Bonchev–Trinajstić information content (AvgIpc) is 2.48. The van der Waals surface area contributed by atoms with Crippen molar-refractivity contribution in [1.82, 2.24) is 5.32 Å². The van der Waals surface area contributed by atoms with Crippen molar-refractivity contribution in [2.45, 2.75) is 19.5 Å². The summed E-state index contributed by atoms with van der Waals surface area (Å²) in [6, 6.07) is 12.8. The topological polar surface area (TPSA) is 21.3 Å². The van der Waals surface area contributed by atoms with E-state index in [1.54, 1.807) is 13.2 Å². The summed E-state index contributed by atoms with van der Waals surface area (Å²) >= 11 is 5.93. The van der Waals surface area contributed by atoms with Gasteiger partial charge in [-0.05, 0) is 36.2 Å². The average molecular weight is 294 g/mol. The molecule has 0 aliphatic rings. The SMILES string of the molecule is COc1ccc([C@@H](C)NCc2cccc(F)c2Cl)cc1. The van der Waals surface area contributed by atoms with Crippen LogP contribution in [0.4, 0.5) is 4.39 Å². The molecule has 0 bridgehead atoms. The van der Waals surface area contributed by atoms with Crippen LogP contribution >= 0.6 is 11.6 Å². The van der Waals surface area contributed by atoms with Gasteiger partial charge in [0.2, 0.25) is 0 Å². The highest BCUT2D eigenvalue weighted by molar-refractivity contribution is 6.31. The smallest absolute Gasteiger partial charge is 0.142 e. The third kappa shape index (κ3) is 3.50. The van der Waals surface area contributed by atoms with Gasteiger partial charge in [0, 0.05) is 12.6 Å². The molecule has 20 heavy (non-hydrogen) atoms. The Bertz CT molecular complexity index is 571. The number of methoxy groups -OCH3 is 1. The maximum Gasteiger partial charge on any atom is 0.142 e. The van der Waals surface area contributed by atoms with Crippen molar-refractivity contribution in [3.05, 3.63) is 64.4 Å². The Morgan fingerprint density at radius 1 is 1.20 bits per heavy atom. The van der Waals surface area contributed by atoms with Crippen LogP contribution in [0.1, 0.15) is 24.1 Å². The van der Waals surface area contributed by atoms with E-state index in [0.717, 1.165) is 16.9 Å². The number of hydrogen-bond donors (Lipinski definition) is 1. The maximum atomic E-state index is 13.3. The fraction of sp³-hybridized carbons (Fsp3) is 0.250. The zero-order valence-corrected chi connectivity index (χ0v) is 12.2. The molecular weight excluding hydrogens is 277 g/mol. The lowest BCUT2D eigenvalue weighted by Crippen LogP contribution is -2.18. The van der Waals surface area contributed by atoms with E-state index in [0.29, 0.717) is 6.54 Å². The Labute approximate surface area is 123 Å². The van der Waals surface area contributed by atoms with E-state index in [-0.39, 0.29) is 16.9 Å². The lowest BCUT2D eigenvalue weighted by Gasteiger charge is -2.15. The third-order valence-electron chi connectivity index (χ3n) is 3.25. The lowest BCUT2D eigenvalue weighted by molar-refractivity contribution is 0.414. The number of nitrogens with one attached hydrogen (secondary N) is 1. The molecule has 0 radical (unpaired) electrons. The molecule has 0 aromatic heterocycles. The molecule has 0 spiro atoms. The van der Waals surface area contributed by atoms with Gasteiger partial charge in [-0.3, -0.25) is 0 Å². The van der Waals surface area contributed by atoms with Gasteiger partial charge in [0.25, 0.3) is 0 Å². The van der Waals surface area contributed by atoms with Gasteiger partial charge in [0.1, 0.15) is 11.6 Å². The van der Waals surface area contributed by atoms with Crippen LogP contribution in [0.3, 0.4) is 0 Å². The highest BCUT2D eigenvalue weighted by Gasteiger charge is 2.08. The van der Waals surface area contributed by atoms with Crippen LogP contribution in [0.5, 0.6) is 5.75 Å². The molecule has 4 heteroatoms. The minimum absolute atomic E-state index is 0.139. The van der Waals surface area contributed by atoms with Crippen molar-refractivity contribution < 1.29 is 9.13 Å². The van der Waals surface area contributed by atoms with Crippen molar-refractivity contribution in [1.29, 1.82) is 0 Å². The van der Waals surface area contributed by atoms with Gasteiger partial charge < -0.3 is 10.1 Å². The zero-order chi connectivity index (χ0) is 14.5. The molecule has 1 N–H and O–H groups in total. The van der Waals surface area contributed by atoms with E-state index in [2.05, 4.69) is 12.2 Å². The first kappa shape index (κ1) is 14.8. The molecule has 0 amide bonds. The summed E-state index contributed by atoms with van der Waals surface area (Å²) in [7, 11) is 1.64. The molecule has 1 atom stereocenters. The molecule has 0 heterocycles. The summed E-state index contributed by atoms with van der Waals surface area (Å²) in [4.78, 5) is 0. The first-order valence-electron chi connectivity index (χ1n) is 6.42. The van der Waals surface area contributed by atoms with Crippen LogP contribution in [0.2, 0.25) is 5.02 Å². The molecule has 0 saturated heterocycles. The zero-order valence-electron chi connectivity index (χ0n) is 11.5. The predicted octanol–water partition coefficient (Wildman–Crippen LogP) is 4.34. The van der Waals surface area contributed by atoms with Crippen molar-refractivity contribution in [3.8, 4) is 5.75 Å². The van der Waals surface area contributed by atoms with E-state index in [1.165, 1.54) is 6.07 Å². The van der Waals surface area contributed by atoms with Gasteiger partial charge in [0.05, 0.1) is 12.1 Å². The van der Waals surface area contributed by atoms with Crippen molar-refractivity contribution in [2.75, 3.05) is 7.11 Å². The molecule has 0 aliphatic carbocycles. The molecule has 106 valence electrons. The monoisotopic (exact) mass is 293 g/mol. The van der Waals surface area contributed by atoms with E-state index in [1.807, 2.05) is 30.3 Å². The predicted molar refractivity (Wildman–Crippen MR) is 79.7 cm³/mol. The molecule has 2 aromatic carbocycles. The summed E-state index contributed by atoms with van der Waals surface area (Å²) in [5.41, 5.74) is 1.89. The molecule has 0 unspecified atom stereocenters. The molecule has 2 nitrogen and oxygen atoms in total. The van der Waals surface area contributed by atoms with Gasteiger partial charge in [-0.1, -0.05) is 35.9 Å². The number of rotatable bonds is 5. The van der Waals surface area contributed by atoms with Crippen molar-refractivity contribution in [2.24, 2.45) is 0 Å². The highest BCUT2D eigenvalue weighted by atomic mass is 35.5. The Kier molecular flexibility index (Phi) is 4.99. The summed E-state index contributed by atoms with van der Waals surface area (Å²) in [6.45, 7) is 2.57. The molecule has 0 fully saturated rings. The number of hydrogen-bond acceptors (Lipinski definition) is 2. The molecule has 2 rings (SSSR count). The van der Waals surface area contributed by atoms with Crippen LogP contribution in [0.15, 0.2) is 42.5 Å². The third-order valence-corrected chi connectivity index (χ3v) is 3.67. The van der Waals surface area contributed by atoms with Gasteiger partial charge in [-0.15, -0.1) is 0 Å². The largest absolute Gasteiger partial charge is 0.497 e. The summed E-state index contributed by atoms with van der Waals surface area (Å²) < 4.78 is 18.5. The van der Waals surface area contributed by atoms with Crippen LogP contribution in [0, 0.1) is 5.82 Å². The van der Waals surface area contributed by atoms with Crippen LogP contribution in [0.25, 0.3) is 0 Å². The minimum Gasteiger partial charge on any atom is -0.497 e. The first-order chi connectivity index (χ1) is 9.61. The number of ether oxygens (including phenoxy) is 1. The van der Waals surface area contributed by atoms with E-state index < -0.39 is 0 Å². The Hall–Kier alpha value is -1.58. The second-order valence-corrected chi connectivity index (χ2v) is 4.97. The molecular formula is C16H17ClFNO. The Balaban J connectivity index is 2.00.